The fourth-order valence-corrected chi connectivity index (χ4v) is 4.60. The molecule has 5 rings (SSSR count). The molecular formula is C26H28FN7O4. The van der Waals surface area contributed by atoms with E-state index in [0.717, 1.165) is 5.69 Å². The van der Waals surface area contributed by atoms with Crippen LogP contribution in [0.15, 0.2) is 54.7 Å². The van der Waals surface area contributed by atoms with E-state index in [0.29, 0.717) is 49.7 Å². The van der Waals surface area contributed by atoms with Gasteiger partial charge in [0.05, 0.1) is 36.7 Å². The number of benzene rings is 2. The van der Waals surface area contributed by atoms with Crippen molar-refractivity contribution in [2.75, 3.05) is 49.1 Å². The van der Waals surface area contributed by atoms with Gasteiger partial charge in [-0.2, -0.15) is 0 Å². The van der Waals surface area contributed by atoms with E-state index >= 15 is 4.39 Å². The quantitative estimate of drug-likeness (QED) is 0.505. The predicted molar refractivity (Wildman–Crippen MR) is 136 cm³/mol. The normalized spacial score (nSPS) is 17.5. The summed E-state index contributed by atoms with van der Waals surface area (Å²) in [4.78, 5) is 42.1. The number of carbonyl (C=O) groups is 3. The van der Waals surface area contributed by atoms with Crippen LogP contribution in [0.3, 0.4) is 0 Å². The molecule has 2 saturated heterocycles. The lowest BCUT2D eigenvalue weighted by molar-refractivity contribution is -0.130. The molecule has 198 valence electrons. The molecule has 0 unspecified atom stereocenters. The number of hydrogen-bond donors (Lipinski definition) is 1. The Kier molecular flexibility index (Phi) is 7.20. The Morgan fingerprint density at radius 2 is 1.87 bits per heavy atom. The summed E-state index contributed by atoms with van der Waals surface area (Å²) < 4.78 is 22.2. The average Bonchev–Trinajstić information content (AvgIpc) is 3.51. The van der Waals surface area contributed by atoms with Gasteiger partial charge in [-0.1, -0.05) is 23.4 Å². The van der Waals surface area contributed by atoms with Gasteiger partial charge < -0.3 is 19.9 Å². The molecule has 0 radical (unpaired) electrons. The third-order valence-corrected chi connectivity index (χ3v) is 6.57. The minimum atomic E-state index is -0.537. The number of nitrogens with zero attached hydrogens (tertiary/aromatic N) is 6. The van der Waals surface area contributed by atoms with Gasteiger partial charge in [-0.25, -0.2) is 13.9 Å². The monoisotopic (exact) mass is 521 g/mol. The molecule has 3 aromatic rings. The number of rotatable bonds is 7. The fourth-order valence-electron chi connectivity index (χ4n) is 4.60. The summed E-state index contributed by atoms with van der Waals surface area (Å²) in [6.07, 6.45) is 0.805. The van der Waals surface area contributed by atoms with E-state index in [1.807, 2.05) is 17.9 Å². The molecule has 1 aromatic heterocycles. The lowest BCUT2D eigenvalue weighted by Gasteiger charge is -2.36. The van der Waals surface area contributed by atoms with Gasteiger partial charge in [0.1, 0.15) is 11.9 Å². The van der Waals surface area contributed by atoms with Crippen LogP contribution >= 0.6 is 0 Å². The lowest BCUT2D eigenvalue weighted by Crippen LogP contribution is -2.51. The minimum Gasteiger partial charge on any atom is -0.442 e. The van der Waals surface area contributed by atoms with Crippen molar-refractivity contribution in [1.82, 2.24) is 25.2 Å². The van der Waals surface area contributed by atoms with Gasteiger partial charge in [0.25, 0.3) is 5.91 Å². The molecule has 3 heterocycles. The van der Waals surface area contributed by atoms with E-state index < -0.39 is 18.0 Å². The van der Waals surface area contributed by atoms with E-state index in [2.05, 4.69) is 15.6 Å². The first-order chi connectivity index (χ1) is 18.4. The van der Waals surface area contributed by atoms with Crippen molar-refractivity contribution in [2.45, 2.75) is 19.6 Å². The molecule has 38 heavy (non-hydrogen) atoms. The summed E-state index contributed by atoms with van der Waals surface area (Å²) in [6, 6.07) is 13.4. The molecule has 2 aliphatic heterocycles. The van der Waals surface area contributed by atoms with Crippen molar-refractivity contribution >= 4 is 29.3 Å². The zero-order chi connectivity index (χ0) is 26.6. The number of cyclic esters (lactones) is 1. The van der Waals surface area contributed by atoms with Gasteiger partial charge >= 0.3 is 6.09 Å². The number of carbonyl (C=O) groups excluding carboxylic acids is 3. The minimum absolute atomic E-state index is 0.0970. The summed E-state index contributed by atoms with van der Waals surface area (Å²) in [5.74, 6) is -0.949. The van der Waals surface area contributed by atoms with E-state index in [9.17, 15) is 14.4 Å². The Morgan fingerprint density at radius 1 is 1.11 bits per heavy atom. The first-order valence-corrected chi connectivity index (χ1v) is 12.4. The number of anilines is 2. The Labute approximate surface area is 218 Å². The largest absolute Gasteiger partial charge is 0.442 e. The summed E-state index contributed by atoms with van der Waals surface area (Å²) in [5, 5.41) is 10.6. The van der Waals surface area contributed by atoms with Crippen molar-refractivity contribution in [2.24, 2.45) is 0 Å². The molecule has 12 heteroatoms. The third kappa shape index (κ3) is 5.58. The van der Waals surface area contributed by atoms with Crippen LogP contribution in [-0.2, 0) is 16.1 Å². The van der Waals surface area contributed by atoms with Gasteiger partial charge in [0, 0.05) is 37.9 Å². The van der Waals surface area contributed by atoms with E-state index in [1.54, 1.807) is 52.2 Å². The van der Waals surface area contributed by atoms with Crippen molar-refractivity contribution in [3.63, 3.8) is 0 Å². The zero-order valence-electron chi connectivity index (χ0n) is 20.9. The van der Waals surface area contributed by atoms with Crippen LogP contribution in [0.2, 0.25) is 0 Å². The second-order valence-electron chi connectivity index (χ2n) is 9.25. The molecule has 1 N–H and O–H groups in total. The van der Waals surface area contributed by atoms with Gasteiger partial charge in [-0.05, 0) is 37.3 Å². The van der Waals surface area contributed by atoms with E-state index in [1.165, 1.54) is 11.0 Å². The Morgan fingerprint density at radius 3 is 2.55 bits per heavy atom. The molecule has 3 amide bonds. The molecular weight excluding hydrogens is 493 g/mol. The Hall–Kier alpha value is -4.48. The molecule has 0 spiro atoms. The first-order valence-electron chi connectivity index (χ1n) is 12.4. The highest BCUT2D eigenvalue weighted by atomic mass is 19.1. The van der Waals surface area contributed by atoms with E-state index in [-0.39, 0.29) is 24.9 Å². The number of aryl methyl sites for hydroxylation is 1. The van der Waals surface area contributed by atoms with Crippen molar-refractivity contribution < 1.29 is 23.5 Å². The number of aromatic nitrogens is 3. The van der Waals surface area contributed by atoms with Crippen molar-refractivity contribution in [3.05, 3.63) is 71.8 Å². The van der Waals surface area contributed by atoms with Crippen LogP contribution in [0.4, 0.5) is 20.6 Å². The first kappa shape index (κ1) is 25.2. The average molecular weight is 522 g/mol. The smallest absolute Gasteiger partial charge is 0.414 e. The summed E-state index contributed by atoms with van der Waals surface area (Å²) in [7, 11) is 0. The van der Waals surface area contributed by atoms with Crippen LogP contribution in [0.1, 0.15) is 16.1 Å². The number of amides is 3. The third-order valence-electron chi connectivity index (χ3n) is 6.57. The number of halogens is 1. The molecule has 2 aliphatic rings. The van der Waals surface area contributed by atoms with E-state index in [4.69, 9.17) is 4.74 Å². The SMILES string of the molecule is Cc1cn(C[C@H]2CN(c3ccc(N4CCN(C(=O)CNC(=O)c5ccccc5)CC4)c(F)c3)C(=O)O2)nn1. The molecule has 1 atom stereocenters. The zero-order valence-corrected chi connectivity index (χ0v) is 20.9. The highest BCUT2D eigenvalue weighted by Gasteiger charge is 2.33. The molecule has 0 bridgehead atoms. The molecule has 11 nitrogen and oxygen atoms in total. The van der Waals surface area contributed by atoms with Crippen LogP contribution in [0, 0.1) is 12.7 Å². The Bertz CT molecular complexity index is 1320. The van der Waals surface area contributed by atoms with Gasteiger partial charge in [-0.15, -0.1) is 5.10 Å². The molecule has 0 saturated carbocycles. The fraction of sp³-hybridized carbons (Fsp3) is 0.346. The standard InChI is InChI=1S/C26H28FN7O4/c1-18-15-33(30-29-18)16-21-17-34(26(37)38-21)20-7-8-23(22(27)13-20)31-9-11-32(12-10-31)24(35)14-28-25(36)19-5-3-2-4-6-19/h2-8,13,15,21H,9-12,14,16-17H2,1H3,(H,28,36)/t21-/m0/s1. The highest BCUT2D eigenvalue weighted by Crippen LogP contribution is 2.29. The van der Waals surface area contributed by atoms with Crippen LogP contribution < -0.4 is 15.1 Å². The number of hydrogen-bond acceptors (Lipinski definition) is 7. The van der Waals surface area contributed by atoms with Crippen LogP contribution in [-0.4, -0.2) is 83.2 Å². The maximum absolute atomic E-state index is 15.1. The van der Waals surface area contributed by atoms with Crippen molar-refractivity contribution in [1.29, 1.82) is 0 Å². The highest BCUT2D eigenvalue weighted by molar-refractivity contribution is 5.96. The maximum atomic E-state index is 15.1. The second kappa shape index (κ2) is 10.9. The second-order valence-corrected chi connectivity index (χ2v) is 9.25. The summed E-state index contributed by atoms with van der Waals surface area (Å²) in [6.45, 7) is 4.07. The lowest BCUT2D eigenvalue weighted by atomic mass is 10.2. The number of nitrogens with one attached hydrogen (secondary N) is 1. The topological polar surface area (TPSA) is 113 Å². The van der Waals surface area contributed by atoms with Gasteiger partial charge in [0.2, 0.25) is 5.91 Å². The summed E-state index contributed by atoms with van der Waals surface area (Å²) in [5.41, 5.74) is 2.08. The molecule has 2 fully saturated rings. The number of piperazine rings is 1. The Balaban J connectivity index is 1.13. The maximum Gasteiger partial charge on any atom is 0.414 e. The van der Waals surface area contributed by atoms with Gasteiger partial charge in [0.15, 0.2) is 0 Å². The van der Waals surface area contributed by atoms with Gasteiger partial charge in [-0.3, -0.25) is 14.5 Å². The summed E-state index contributed by atoms with van der Waals surface area (Å²) >= 11 is 0. The van der Waals surface area contributed by atoms with Crippen LogP contribution in [0.25, 0.3) is 0 Å². The van der Waals surface area contributed by atoms with Crippen molar-refractivity contribution in [3.8, 4) is 0 Å². The van der Waals surface area contributed by atoms with Crippen LogP contribution in [0.5, 0.6) is 0 Å². The molecule has 0 aliphatic carbocycles. The predicted octanol–water partition coefficient (Wildman–Crippen LogP) is 1.83. The number of ether oxygens (including phenoxy) is 1. The molecule has 2 aromatic carbocycles.